The maximum Gasteiger partial charge on any atom is 0.102 e. The van der Waals surface area contributed by atoms with Crippen LogP contribution in [0.1, 0.15) is 65.2 Å². The third-order valence-electron chi connectivity index (χ3n) is 3.29. The predicted molar refractivity (Wildman–Crippen MR) is 71.3 cm³/mol. The Hall–Kier alpha value is -0.630. The number of hydrogen-bond acceptors (Lipinski definition) is 0. The molecule has 0 bridgehead atoms. The van der Waals surface area contributed by atoms with Crippen molar-refractivity contribution in [2.75, 3.05) is 6.54 Å². The Morgan fingerprint density at radius 1 is 0.941 bits per heavy atom. The molecule has 1 atom stereocenters. The van der Waals surface area contributed by atoms with Gasteiger partial charge in [0.05, 0.1) is 12.7 Å². The fourth-order valence-corrected chi connectivity index (χ4v) is 2.25. The SMILES string of the molecule is CCCCCCCCCC[NH+]1C=CC(C)=C1.[F-]. The fraction of sp³-hybridized carbons (Fsp3) is 0.733. The highest BCUT2D eigenvalue weighted by atomic mass is 19.0. The van der Waals surface area contributed by atoms with Crippen molar-refractivity contribution >= 4 is 0 Å². The fourth-order valence-electron chi connectivity index (χ4n) is 2.25. The van der Waals surface area contributed by atoms with Crippen LogP contribution in [0.4, 0.5) is 0 Å². The van der Waals surface area contributed by atoms with Crippen LogP contribution in [0.25, 0.3) is 0 Å². The molecule has 17 heavy (non-hydrogen) atoms. The molecule has 0 radical (unpaired) electrons. The Kier molecular flexibility index (Phi) is 10.1. The van der Waals surface area contributed by atoms with Crippen LogP contribution in [0.2, 0.25) is 0 Å². The van der Waals surface area contributed by atoms with E-state index in [2.05, 4.69) is 32.3 Å². The van der Waals surface area contributed by atoms with Gasteiger partial charge in [-0.3, -0.25) is 4.90 Å². The van der Waals surface area contributed by atoms with E-state index in [1.165, 1.54) is 68.4 Å². The van der Waals surface area contributed by atoms with Gasteiger partial charge in [-0.1, -0.05) is 45.4 Å². The molecule has 1 rings (SSSR count). The van der Waals surface area contributed by atoms with Crippen LogP contribution in [0.3, 0.4) is 0 Å². The van der Waals surface area contributed by atoms with Gasteiger partial charge in [-0.15, -0.1) is 0 Å². The van der Waals surface area contributed by atoms with Crippen molar-refractivity contribution in [3.63, 3.8) is 0 Å². The highest BCUT2D eigenvalue weighted by molar-refractivity contribution is 5.14. The summed E-state index contributed by atoms with van der Waals surface area (Å²) in [5.74, 6) is 0. The predicted octanol–water partition coefficient (Wildman–Crippen LogP) is 0.447. The lowest BCUT2D eigenvalue weighted by Gasteiger charge is -2.06. The minimum Gasteiger partial charge on any atom is -1.00 e. The number of rotatable bonds is 9. The Morgan fingerprint density at radius 3 is 2.06 bits per heavy atom. The Balaban J connectivity index is 0.00000256. The monoisotopic (exact) mass is 241 g/mol. The van der Waals surface area contributed by atoms with Crippen LogP contribution in [0.15, 0.2) is 24.0 Å². The van der Waals surface area contributed by atoms with E-state index in [1.54, 1.807) is 0 Å². The second-order valence-electron chi connectivity index (χ2n) is 5.02. The van der Waals surface area contributed by atoms with Crippen molar-refractivity contribution in [1.82, 2.24) is 0 Å². The molecule has 0 saturated carbocycles. The molecule has 0 aromatic carbocycles. The van der Waals surface area contributed by atoms with Gasteiger partial charge < -0.3 is 4.70 Å². The molecule has 0 spiro atoms. The molecule has 1 aliphatic rings. The summed E-state index contributed by atoms with van der Waals surface area (Å²) >= 11 is 0. The summed E-state index contributed by atoms with van der Waals surface area (Å²) in [6, 6.07) is 0. The van der Waals surface area contributed by atoms with Crippen LogP contribution in [0.5, 0.6) is 0 Å². The smallest absolute Gasteiger partial charge is 0.102 e. The highest BCUT2D eigenvalue weighted by Crippen LogP contribution is 2.07. The number of allylic oxidation sites excluding steroid dienone is 2. The van der Waals surface area contributed by atoms with Crippen molar-refractivity contribution in [2.45, 2.75) is 65.2 Å². The van der Waals surface area contributed by atoms with Crippen molar-refractivity contribution < 1.29 is 9.60 Å². The maximum atomic E-state index is 2.32. The molecule has 2 heteroatoms. The summed E-state index contributed by atoms with van der Waals surface area (Å²) in [7, 11) is 0. The summed E-state index contributed by atoms with van der Waals surface area (Å²) in [4.78, 5) is 1.53. The average Bonchev–Trinajstić information content (AvgIpc) is 2.68. The number of quaternary nitrogens is 1. The molecule has 0 saturated heterocycles. The second-order valence-corrected chi connectivity index (χ2v) is 5.02. The van der Waals surface area contributed by atoms with Gasteiger partial charge in [0, 0.05) is 5.57 Å². The zero-order chi connectivity index (χ0) is 11.6. The molecule has 0 fully saturated rings. The molecule has 0 aromatic rings. The zero-order valence-corrected chi connectivity index (χ0v) is 11.5. The Bertz CT molecular complexity index is 233. The van der Waals surface area contributed by atoms with Crippen LogP contribution in [-0.4, -0.2) is 6.54 Å². The minimum absolute atomic E-state index is 0. The van der Waals surface area contributed by atoms with Crippen LogP contribution < -0.4 is 9.60 Å². The molecule has 0 aromatic heterocycles. The third-order valence-corrected chi connectivity index (χ3v) is 3.29. The zero-order valence-electron chi connectivity index (χ0n) is 11.5. The van der Waals surface area contributed by atoms with E-state index < -0.39 is 0 Å². The van der Waals surface area contributed by atoms with E-state index >= 15 is 0 Å². The lowest BCUT2D eigenvalue weighted by atomic mass is 10.1. The third kappa shape index (κ3) is 8.14. The van der Waals surface area contributed by atoms with Crippen molar-refractivity contribution in [2.24, 2.45) is 0 Å². The molecule has 1 aliphatic heterocycles. The van der Waals surface area contributed by atoms with Crippen LogP contribution >= 0.6 is 0 Å². The molecule has 100 valence electrons. The average molecular weight is 241 g/mol. The van der Waals surface area contributed by atoms with Gasteiger partial charge in [0.1, 0.15) is 6.20 Å². The lowest BCUT2D eigenvalue weighted by Crippen LogP contribution is -3.01. The standard InChI is InChI=1S/C15H27N.FH/c1-3-4-5-6-7-8-9-10-12-16-13-11-15(2)14-16;/h11,13-14H,3-10,12H2,1-2H3;1H. The minimum atomic E-state index is 0. The van der Waals surface area contributed by atoms with E-state index in [1.807, 2.05) is 0 Å². The van der Waals surface area contributed by atoms with Crippen molar-refractivity contribution in [3.8, 4) is 0 Å². The van der Waals surface area contributed by atoms with Gasteiger partial charge in [0.25, 0.3) is 0 Å². The van der Waals surface area contributed by atoms with Gasteiger partial charge in [-0.2, -0.15) is 0 Å². The number of unbranched alkanes of at least 4 members (excludes halogenated alkanes) is 7. The first kappa shape index (κ1) is 16.4. The Labute approximate surface area is 106 Å². The van der Waals surface area contributed by atoms with Crippen LogP contribution in [0, 0.1) is 0 Å². The maximum absolute atomic E-state index is 2.32. The van der Waals surface area contributed by atoms with Gasteiger partial charge in [0.15, 0.2) is 0 Å². The molecule has 1 unspecified atom stereocenters. The second kappa shape index (κ2) is 10.5. The lowest BCUT2D eigenvalue weighted by molar-refractivity contribution is -0.788. The first-order chi connectivity index (χ1) is 7.83. The summed E-state index contributed by atoms with van der Waals surface area (Å²) in [5.41, 5.74) is 1.41. The number of halogens is 1. The summed E-state index contributed by atoms with van der Waals surface area (Å²) in [5, 5.41) is 0. The van der Waals surface area contributed by atoms with E-state index in [0.717, 1.165) is 0 Å². The van der Waals surface area contributed by atoms with Gasteiger partial charge in [-0.05, 0) is 25.8 Å². The normalized spacial score (nSPS) is 18.0. The highest BCUT2D eigenvalue weighted by Gasteiger charge is 2.06. The number of hydrogen-bond donors (Lipinski definition) is 1. The summed E-state index contributed by atoms with van der Waals surface area (Å²) < 4.78 is 0. The summed E-state index contributed by atoms with van der Waals surface area (Å²) in [6.07, 6.45) is 18.2. The molecular weight excluding hydrogens is 213 g/mol. The first-order valence-corrected chi connectivity index (χ1v) is 7.05. The first-order valence-electron chi connectivity index (χ1n) is 7.05. The van der Waals surface area contributed by atoms with Gasteiger partial charge >= 0.3 is 0 Å². The van der Waals surface area contributed by atoms with Crippen molar-refractivity contribution in [1.29, 1.82) is 0 Å². The molecule has 0 aliphatic carbocycles. The van der Waals surface area contributed by atoms with E-state index in [0.29, 0.717) is 0 Å². The molecule has 1 nitrogen and oxygen atoms in total. The summed E-state index contributed by atoms with van der Waals surface area (Å²) in [6.45, 7) is 5.74. The quantitative estimate of drug-likeness (QED) is 0.559. The largest absolute Gasteiger partial charge is 1.00 e. The van der Waals surface area contributed by atoms with E-state index in [-0.39, 0.29) is 4.70 Å². The Morgan fingerprint density at radius 2 is 1.53 bits per heavy atom. The molecule has 0 amide bonds. The van der Waals surface area contributed by atoms with Gasteiger partial charge in [0.2, 0.25) is 0 Å². The molecule has 1 N–H and O–H groups in total. The molecular formula is C15H28FN. The van der Waals surface area contributed by atoms with Gasteiger partial charge in [-0.25, -0.2) is 0 Å². The van der Waals surface area contributed by atoms with Crippen LogP contribution in [-0.2, 0) is 0 Å². The van der Waals surface area contributed by atoms with E-state index in [4.69, 9.17) is 0 Å². The topological polar surface area (TPSA) is 4.44 Å². The number of nitrogens with one attached hydrogen (secondary N) is 1. The van der Waals surface area contributed by atoms with E-state index in [9.17, 15) is 0 Å². The van der Waals surface area contributed by atoms with Crippen molar-refractivity contribution in [3.05, 3.63) is 24.0 Å². The molecule has 1 heterocycles.